The van der Waals surface area contributed by atoms with Crippen molar-refractivity contribution < 1.29 is 5.11 Å². The summed E-state index contributed by atoms with van der Waals surface area (Å²) in [5.74, 6) is 0.0925. The number of hydrogen-bond acceptors (Lipinski definition) is 3. The molecule has 2 N–H and O–H groups in total. The molecule has 25 heavy (non-hydrogen) atoms. The maximum Gasteiger partial charge on any atom is 0.126 e. The van der Waals surface area contributed by atoms with E-state index in [-0.39, 0.29) is 11.8 Å². The van der Waals surface area contributed by atoms with E-state index in [2.05, 4.69) is 9.97 Å². The molecule has 0 fully saturated rings. The molecule has 0 radical (unpaired) electrons. The maximum atomic E-state index is 10.3. The Balaban J connectivity index is 2.01. The molecule has 6 heteroatoms. The number of nitrogens with zero attached hydrogens (tertiary/aromatic N) is 2. The topological polar surface area (TPSA) is 61.3 Å². The van der Waals surface area contributed by atoms with E-state index in [1.54, 1.807) is 36.8 Å². The van der Waals surface area contributed by atoms with Gasteiger partial charge in [-0.2, -0.15) is 0 Å². The fourth-order valence-corrected chi connectivity index (χ4v) is 2.89. The fourth-order valence-electron chi connectivity index (χ4n) is 2.59. The number of phenolic OH excluding ortho intramolecular Hbond substituents is 1. The molecule has 0 amide bonds. The first-order valence-corrected chi connectivity index (χ1v) is 8.58. The van der Waals surface area contributed by atoms with Gasteiger partial charge >= 0.3 is 0 Å². The van der Waals surface area contributed by atoms with Crippen molar-refractivity contribution in [2.24, 2.45) is 4.99 Å². The number of aromatic nitrogens is 2. The van der Waals surface area contributed by atoms with Crippen molar-refractivity contribution in [1.82, 2.24) is 9.97 Å². The van der Waals surface area contributed by atoms with Gasteiger partial charge in [0.25, 0.3) is 0 Å². The Bertz CT molecular complexity index is 874. The zero-order valence-corrected chi connectivity index (χ0v) is 15.1. The molecule has 0 saturated heterocycles. The van der Waals surface area contributed by atoms with E-state index in [1.165, 1.54) is 6.07 Å². The van der Waals surface area contributed by atoms with Crippen molar-refractivity contribution in [2.75, 3.05) is 0 Å². The van der Waals surface area contributed by atoms with Crippen molar-refractivity contribution in [3.05, 3.63) is 81.9 Å². The van der Waals surface area contributed by atoms with Gasteiger partial charge in [0.15, 0.2) is 0 Å². The predicted octanol–water partition coefficient (Wildman–Crippen LogP) is 4.89. The van der Waals surface area contributed by atoms with Gasteiger partial charge in [0.1, 0.15) is 5.75 Å². The molecule has 3 rings (SSSR count). The van der Waals surface area contributed by atoms with Gasteiger partial charge in [0.2, 0.25) is 0 Å². The summed E-state index contributed by atoms with van der Waals surface area (Å²) < 4.78 is 0. The van der Waals surface area contributed by atoms with Crippen molar-refractivity contribution in [2.45, 2.75) is 19.4 Å². The SMILES string of the molecule is C[C@H](Cc1cnc[nH]1)N=C(c1ccc(Cl)cc1)c1ccc(Cl)cc1O. The third kappa shape index (κ3) is 4.41. The number of imidazole rings is 1. The fraction of sp³-hybridized carbons (Fsp3) is 0.158. The van der Waals surface area contributed by atoms with Crippen LogP contribution in [0.4, 0.5) is 0 Å². The maximum absolute atomic E-state index is 10.3. The number of aromatic hydroxyl groups is 1. The number of aromatic amines is 1. The Morgan fingerprint density at radius 3 is 2.52 bits per heavy atom. The third-order valence-corrected chi connectivity index (χ3v) is 4.24. The van der Waals surface area contributed by atoms with Crippen LogP contribution in [0.5, 0.6) is 5.75 Å². The van der Waals surface area contributed by atoms with Crippen LogP contribution in [0.25, 0.3) is 0 Å². The van der Waals surface area contributed by atoms with Crippen LogP contribution in [0.1, 0.15) is 23.7 Å². The van der Waals surface area contributed by atoms with Gasteiger partial charge in [0, 0.05) is 39.5 Å². The van der Waals surface area contributed by atoms with Crippen LogP contribution in [0.15, 0.2) is 60.0 Å². The van der Waals surface area contributed by atoms with Crippen molar-refractivity contribution >= 4 is 28.9 Å². The average molecular weight is 374 g/mol. The van der Waals surface area contributed by atoms with Gasteiger partial charge in [-0.25, -0.2) is 4.98 Å². The molecule has 0 unspecified atom stereocenters. The molecule has 2 aromatic carbocycles. The highest BCUT2D eigenvalue weighted by Gasteiger charge is 2.14. The average Bonchev–Trinajstić information content (AvgIpc) is 3.07. The third-order valence-electron chi connectivity index (χ3n) is 3.75. The second kappa shape index (κ2) is 7.72. The van der Waals surface area contributed by atoms with Gasteiger partial charge in [-0.1, -0.05) is 35.3 Å². The number of benzene rings is 2. The number of aliphatic imine (C=N–C) groups is 1. The minimum Gasteiger partial charge on any atom is -0.507 e. The Morgan fingerprint density at radius 1 is 1.16 bits per heavy atom. The monoisotopic (exact) mass is 373 g/mol. The van der Waals surface area contributed by atoms with Crippen molar-refractivity contribution in [3.8, 4) is 5.75 Å². The Morgan fingerprint density at radius 2 is 1.88 bits per heavy atom. The van der Waals surface area contributed by atoms with Crippen LogP contribution in [0, 0.1) is 0 Å². The van der Waals surface area contributed by atoms with E-state index in [0.29, 0.717) is 27.7 Å². The van der Waals surface area contributed by atoms with Crippen LogP contribution < -0.4 is 0 Å². The minimum atomic E-state index is -0.0128. The molecule has 0 bridgehead atoms. The van der Waals surface area contributed by atoms with Gasteiger partial charge < -0.3 is 10.1 Å². The molecular formula is C19H17Cl2N3O. The highest BCUT2D eigenvalue weighted by Crippen LogP contribution is 2.26. The molecule has 0 aliphatic carbocycles. The molecule has 4 nitrogen and oxygen atoms in total. The zero-order chi connectivity index (χ0) is 17.8. The number of nitrogens with one attached hydrogen (secondary N) is 1. The van der Waals surface area contributed by atoms with Crippen molar-refractivity contribution in [1.29, 1.82) is 0 Å². The van der Waals surface area contributed by atoms with Crippen LogP contribution in [-0.2, 0) is 6.42 Å². The van der Waals surface area contributed by atoms with Crippen LogP contribution >= 0.6 is 23.2 Å². The lowest BCUT2D eigenvalue weighted by Crippen LogP contribution is -2.11. The van der Waals surface area contributed by atoms with Gasteiger partial charge in [-0.05, 0) is 37.3 Å². The second-order valence-corrected chi connectivity index (χ2v) is 6.65. The van der Waals surface area contributed by atoms with E-state index in [4.69, 9.17) is 28.2 Å². The summed E-state index contributed by atoms with van der Waals surface area (Å²) in [4.78, 5) is 11.9. The summed E-state index contributed by atoms with van der Waals surface area (Å²) in [7, 11) is 0. The van der Waals surface area contributed by atoms with Gasteiger partial charge in [0.05, 0.1) is 18.1 Å². The molecule has 0 spiro atoms. The Kier molecular flexibility index (Phi) is 5.41. The van der Waals surface area contributed by atoms with Crippen LogP contribution in [-0.4, -0.2) is 26.8 Å². The number of halogens is 2. The van der Waals surface area contributed by atoms with Crippen LogP contribution in [0.2, 0.25) is 10.0 Å². The molecule has 3 aromatic rings. The summed E-state index contributed by atoms with van der Waals surface area (Å²) in [5, 5.41) is 11.5. The van der Waals surface area contributed by atoms with E-state index in [0.717, 1.165) is 11.3 Å². The smallest absolute Gasteiger partial charge is 0.126 e. The highest BCUT2D eigenvalue weighted by molar-refractivity contribution is 6.31. The summed E-state index contributed by atoms with van der Waals surface area (Å²) >= 11 is 12.0. The largest absolute Gasteiger partial charge is 0.507 e. The lowest BCUT2D eigenvalue weighted by Gasteiger charge is -2.13. The lowest BCUT2D eigenvalue weighted by molar-refractivity contribution is 0.474. The van der Waals surface area contributed by atoms with Crippen molar-refractivity contribution in [3.63, 3.8) is 0 Å². The quantitative estimate of drug-likeness (QED) is 0.625. The normalized spacial score (nSPS) is 13.0. The van der Waals surface area contributed by atoms with Crippen LogP contribution in [0.3, 0.4) is 0 Å². The molecule has 1 atom stereocenters. The number of rotatable bonds is 5. The summed E-state index contributed by atoms with van der Waals surface area (Å²) in [5.41, 5.74) is 3.20. The molecule has 1 heterocycles. The second-order valence-electron chi connectivity index (χ2n) is 5.78. The summed E-state index contributed by atoms with van der Waals surface area (Å²) in [6, 6.07) is 12.4. The summed E-state index contributed by atoms with van der Waals surface area (Å²) in [6.07, 6.45) is 4.15. The lowest BCUT2D eigenvalue weighted by atomic mass is 10.0. The standard InChI is InChI=1S/C19H17Cl2N3O/c1-12(8-16-10-22-11-23-16)24-19(13-2-4-14(20)5-3-13)17-7-6-15(21)9-18(17)25/h2-7,9-12,25H,8H2,1H3,(H,22,23)/t12-/m1/s1. The van der Waals surface area contributed by atoms with Gasteiger partial charge in [-0.3, -0.25) is 4.99 Å². The zero-order valence-electron chi connectivity index (χ0n) is 13.6. The molecular weight excluding hydrogens is 357 g/mol. The Hall–Kier alpha value is -2.30. The molecule has 1 aromatic heterocycles. The molecule has 128 valence electrons. The predicted molar refractivity (Wildman–Crippen MR) is 102 cm³/mol. The highest BCUT2D eigenvalue weighted by atomic mass is 35.5. The number of H-pyrrole nitrogens is 1. The summed E-state index contributed by atoms with van der Waals surface area (Å²) in [6.45, 7) is 2.02. The first-order chi connectivity index (χ1) is 12.0. The van der Waals surface area contributed by atoms with E-state index < -0.39 is 0 Å². The Labute approximate surface area is 156 Å². The van der Waals surface area contributed by atoms with E-state index in [1.807, 2.05) is 19.1 Å². The number of phenols is 1. The molecule has 0 aliphatic rings. The van der Waals surface area contributed by atoms with E-state index >= 15 is 0 Å². The molecule has 0 saturated carbocycles. The number of hydrogen-bond donors (Lipinski definition) is 2. The molecule has 0 aliphatic heterocycles. The first-order valence-electron chi connectivity index (χ1n) is 7.83. The minimum absolute atomic E-state index is 0.0128. The van der Waals surface area contributed by atoms with E-state index in [9.17, 15) is 5.11 Å². The first kappa shape index (κ1) is 17.5. The van der Waals surface area contributed by atoms with Gasteiger partial charge in [-0.15, -0.1) is 0 Å².